The largest absolute Gasteiger partial charge is 0.345 e. The zero-order valence-corrected chi connectivity index (χ0v) is 11.2. The molecule has 1 aliphatic rings. The highest BCUT2D eigenvalue weighted by Gasteiger charge is 2.34. The highest BCUT2D eigenvalue weighted by atomic mass is 16.2. The van der Waals surface area contributed by atoms with Crippen LogP contribution in [0.4, 0.5) is 5.69 Å². The van der Waals surface area contributed by atoms with E-state index < -0.39 is 6.04 Å². The first-order valence-electron chi connectivity index (χ1n) is 6.65. The highest BCUT2D eigenvalue weighted by Crippen LogP contribution is 2.25. The summed E-state index contributed by atoms with van der Waals surface area (Å²) in [7, 11) is 0. The second kappa shape index (κ2) is 4.92. The first-order chi connectivity index (χ1) is 9.70. The third-order valence-corrected chi connectivity index (χ3v) is 3.55. The van der Waals surface area contributed by atoms with Crippen molar-refractivity contribution in [1.82, 2.24) is 10.3 Å². The third kappa shape index (κ3) is 2.01. The molecule has 5 heteroatoms. The summed E-state index contributed by atoms with van der Waals surface area (Å²) in [4.78, 5) is 29.9. The molecule has 5 nitrogen and oxygen atoms in total. The van der Waals surface area contributed by atoms with Gasteiger partial charge >= 0.3 is 0 Å². The van der Waals surface area contributed by atoms with Gasteiger partial charge in [0.25, 0.3) is 0 Å². The third-order valence-electron chi connectivity index (χ3n) is 3.55. The van der Waals surface area contributed by atoms with Crippen molar-refractivity contribution in [2.24, 2.45) is 0 Å². The molecule has 0 bridgehead atoms. The first kappa shape index (κ1) is 12.6. The average molecular weight is 269 g/mol. The molecule has 1 aromatic heterocycles. The second-order valence-corrected chi connectivity index (χ2v) is 4.79. The predicted octanol–water partition coefficient (Wildman–Crippen LogP) is 1.48. The highest BCUT2D eigenvalue weighted by molar-refractivity contribution is 6.07. The molecule has 1 aliphatic heterocycles. The summed E-state index contributed by atoms with van der Waals surface area (Å²) in [5, 5.41) is 3.58. The van der Waals surface area contributed by atoms with Gasteiger partial charge < -0.3 is 5.32 Å². The van der Waals surface area contributed by atoms with Gasteiger partial charge in [0.05, 0.1) is 12.1 Å². The van der Waals surface area contributed by atoms with Crippen LogP contribution in [0.2, 0.25) is 0 Å². The molecule has 2 amide bonds. The smallest absolute Gasteiger partial charge is 0.247 e. The van der Waals surface area contributed by atoms with Crippen LogP contribution >= 0.6 is 0 Å². The number of hydrogen-bond donors (Lipinski definition) is 1. The number of benzene rings is 1. The van der Waals surface area contributed by atoms with Crippen molar-refractivity contribution in [2.45, 2.75) is 19.4 Å². The van der Waals surface area contributed by atoms with E-state index in [1.165, 1.54) is 0 Å². The van der Waals surface area contributed by atoms with Crippen molar-refractivity contribution in [3.8, 4) is 0 Å². The minimum Gasteiger partial charge on any atom is -0.345 e. The standard InChI is InChI=1S/C15H15N3O2/c1-2-13-15(20)17-9-14(19)18(13)11-5-6-12-10(8-11)4-3-7-16-12/h3-8,13H,2,9H2,1H3,(H,17,20). The van der Waals surface area contributed by atoms with Crippen molar-refractivity contribution in [3.05, 3.63) is 36.5 Å². The quantitative estimate of drug-likeness (QED) is 0.898. The maximum Gasteiger partial charge on any atom is 0.247 e. The van der Waals surface area contributed by atoms with Crippen LogP contribution in [0.1, 0.15) is 13.3 Å². The van der Waals surface area contributed by atoms with Gasteiger partial charge in [0.15, 0.2) is 0 Å². The Morgan fingerprint density at radius 3 is 3.00 bits per heavy atom. The summed E-state index contributed by atoms with van der Waals surface area (Å²) in [5.74, 6) is -0.182. The zero-order valence-electron chi connectivity index (χ0n) is 11.2. The van der Waals surface area contributed by atoms with E-state index in [2.05, 4.69) is 10.3 Å². The number of fused-ring (bicyclic) bond motifs is 1. The van der Waals surface area contributed by atoms with Gasteiger partial charge in [-0.05, 0) is 30.7 Å². The predicted molar refractivity (Wildman–Crippen MR) is 76.3 cm³/mol. The Morgan fingerprint density at radius 2 is 2.20 bits per heavy atom. The molecule has 3 rings (SSSR count). The molecular formula is C15H15N3O2. The molecule has 2 aromatic rings. The molecule has 0 radical (unpaired) electrons. The van der Waals surface area contributed by atoms with Crippen molar-refractivity contribution in [1.29, 1.82) is 0 Å². The van der Waals surface area contributed by atoms with Gasteiger partial charge in [-0.25, -0.2) is 0 Å². The fraction of sp³-hybridized carbons (Fsp3) is 0.267. The van der Waals surface area contributed by atoms with Gasteiger partial charge in [0.1, 0.15) is 6.04 Å². The van der Waals surface area contributed by atoms with E-state index in [0.29, 0.717) is 6.42 Å². The van der Waals surface area contributed by atoms with E-state index in [1.807, 2.05) is 37.3 Å². The summed E-state index contributed by atoms with van der Waals surface area (Å²) in [5.41, 5.74) is 1.62. The summed E-state index contributed by atoms with van der Waals surface area (Å²) in [6.45, 7) is 1.96. The maximum absolute atomic E-state index is 12.1. The normalized spacial score (nSPS) is 19.2. The molecule has 1 fully saturated rings. The van der Waals surface area contributed by atoms with Crippen LogP contribution in [0.5, 0.6) is 0 Å². The molecule has 0 spiro atoms. The number of nitrogens with one attached hydrogen (secondary N) is 1. The number of nitrogens with zero attached hydrogens (tertiary/aromatic N) is 2. The van der Waals surface area contributed by atoms with Gasteiger partial charge in [-0.3, -0.25) is 19.5 Å². The lowest BCUT2D eigenvalue weighted by Crippen LogP contribution is -2.58. The monoisotopic (exact) mass is 269 g/mol. The van der Waals surface area contributed by atoms with Gasteiger partial charge in [0, 0.05) is 17.3 Å². The van der Waals surface area contributed by atoms with Crippen LogP contribution < -0.4 is 10.2 Å². The lowest BCUT2D eigenvalue weighted by molar-refractivity contribution is -0.131. The summed E-state index contributed by atoms with van der Waals surface area (Å²) in [6, 6.07) is 8.98. The van der Waals surface area contributed by atoms with Crippen LogP contribution in [0.3, 0.4) is 0 Å². The number of carbonyl (C=O) groups is 2. The molecular weight excluding hydrogens is 254 g/mol. The molecule has 2 heterocycles. The number of piperazine rings is 1. The van der Waals surface area contributed by atoms with Gasteiger partial charge in [-0.2, -0.15) is 0 Å². The van der Waals surface area contributed by atoms with Crippen LogP contribution in [0.15, 0.2) is 36.5 Å². The van der Waals surface area contributed by atoms with Crippen molar-refractivity contribution >= 4 is 28.4 Å². The summed E-state index contributed by atoms with van der Waals surface area (Å²) < 4.78 is 0. The number of amides is 2. The van der Waals surface area contributed by atoms with E-state index in [4.69, 9.17) is 0 Å². The van der Waals surface area contributed by atoms with E-state index in [-0.39, 0.29) is 18.4 Å². The van der Waals surface area contributed by atoms with Gasteiger partial charge in [0.2, 0.25) is 11.8 Å². The van der Waals surface area contributed by atoms with Crippen molar-refractivity contribution in [2.75, 3.05) is 11.4 Å². The van der Waals surface area contributed by atoms with Gasteiger partial charge in [-0.15, -0.1) is 0 Å². The number of carbonyl (C=O) groups excluding carboxylic acids is 2. The van der Waals surface area contributed by atoms with E-state index >= 15 is 0 Å². The van der Waals surface area contributed by atoms with E-state index in [9.17, 15) is 9.59 Å². The average Bonchev–Trinajstić information content (AvgIpc) is 2.48. The fourth-order valence-electron chi connectivity index (χ4n) is 2.56. The molecule has 0 saturated carbocycles. The van der Waals surface area contributed by atoms with Crippen molar-refractivity contribution < 1.29 is 9.59 Å². The Morgan fingerprint density at radius 1 is 1.35 bits per heavy atom. The molecule has 1 N–H and O–H groups in total. The Hall–Kier alpha value is -2.43. The van der Waals surface area contributed by atoms with Crippen LogP contribution in [0, 0.1) is 0 Å². The lowest BCUT2D eigenvalue weighted by atomic mass is 10.1. The lowest BCUT2D eigenvalue weighted by Gasteiger charge is -2.34. The molecule has 20 heavy (non-hydrogen) atoms. The van der Waals surface area contributed by atoms with Crippen LogP contribution in [0.25, 0.3) is 10.9 Å². The molecule has 0 aliphatic carbocycles. The molecule has 1 unspecified atom stereocenters. The Balaban J connectivity index is 2.07. The maximum atomic E-state index is 12.1. The number of rotatable bonds is 2. The van der Waals surface area contributed by atoms with Gasteiger partial charge in [-0.1, -0.05) is 13.0 Å². The first-order valence-corrected chi connectivity index (χ1v) is 6.65. The van der Waals surface area contributed by atoms with E-state index in [1.54, 1.807) is 11.1 Å². The second-order valence-electron chi connectivity index (χ2n) is 4.79. The zero-order chi connectivity index (χ0) is 14.1. The van der Waals surface area contributed by atoms with E-state index in [0.717, 1.165) is 16.6 Å². The van der Waals surface area contributed by atoms with Crippen LogP contribution in [-0.2, 0) is 9.59 Å². The summed E-state index contributed by atoms with van der Waals surface area (Å²) >= 11 is 0. The molecule has 1 atom stereocenters. The Bertz CT molecular complexity index is 684. The Kier molecular flexibility index (Phi) is 3.10. The topological polar surface area (TPSA) is 62.3 Å². The minimum atomic E-state index is -0.439. The number of anilines is 1. The molecule has 102 valence electrons. The number of hydrogen-bond acceptors (Lipinski definition) is 3. The molecule has 1 aromatic carbocycles. The minimum absolute atomic E-state index is 0.0560. The SMILES string of the molecule is CCC1C(=O)NCC(=O)N1c1ccc2ncccc2c1. The fourth-order valence-corrected chi connectivity index (χ4v) is 2.56. The van der Waals surface area contributed by atoms with Crippen molar-refractivity contribution in [3.63, 3.8) is 0 Å². The Labute approximate surface area is 116 Å². The van der Waals surface area contributed by atoms with Crippen LogP contribution in [-0.4, -0.2) is 29.4 Å². The summed E-state index contributed by atoms with van der Waals surface area (Å²) in [6.07, 6.45) is 2.32. The molecule has 1 saturated heterocycles. The number of pyridine rings is 1. The number of aromatic nitrogens is 1.